The Morgan fingerprint density at radius 1 is 1.07 bits per heavy atom. The Labute approximate surface area is 235 Å². The fourth-order valence-electron chi connectivity index (χ4n) is 4.69. The molecule has 2 aliphatic rings. The van der Waals surface area contributed by atoms with Gasteiger partial charge in [0.15, 0.2) is 0 Å². The highest BCUT2D eigenvalue weighted by molar-refractivity contribution is 6.32. The van der Waals surface area contributed by atoms with Gasteiger partial charge in [0.25, 0.3) is 0 Å². The number of likely N-dealkylation sites (tertiary alicyclic amines) is 1. The minimum absolute atomic E-state index is 0.204. The van der Waals surface area contributed by atoms with Crippen molar-refractivity contribution in [3.05, 3.63) is 95.3 Å². The highest BCUT2D eigenvalue weighted by atomic mass is 35.5. The first-order valence-corrected chi connectivity index (χ1v) is 13.4. The Kier molecular flexibility index (Phi) is 7.43. The molecule has 2 aliphatic heterocycles. The number of aliphatic hydroxyl groups is 1. The molecule has 4 aromatic rings. The number of ether oxygens (including phenoxy) is 1. The molecule has 1 aromatic heterocycles. The van der Waals surface area contributed by atoms with Gasteiger partial charge in [-0.15, -0.1) is 5.11 Å². The van der Waals surface area contributed by atoms with Crippen LogP contribution in [-0.4, -0.2) is 45.7 Å². The molecule has 2 N–H and O–H groups in total. The van der Waals surface area contributed by atoms with E-state index in [4.69, 9.17) is 16.3 Å². The molecule has 0 radical (unpaired) electrons. The van der Waals surface area contributed by atoms with Crippen molar-refractivity contribution in [2.24, 2.45) is 10.3 Å². The number of fused-ring (bicyclic) bond motifs is 1. The van der Waals surface area contributed by atoms with Crippen molar-refractivity contribution >= 4 is 39.7 Å². The molecule has 40 heavy (non-hydrogen) atoms. The summed E-state index contributed by atoms with van der Waals surface area (Å²) in [6, 6.07) is 17.5. The summed E-state index contributed by atoms with van der Waals surface area (Å²) in [6.07, 6.45) is 4.85. The van der Waals surface area contributed by atoms with Crippen molar-refractivity contribution in [1.82, 2.24) is 14.9 Å². The van der Waals surface area contributed by atoms with E-state index < -0.39 is 0 Å². The maximum absolute atomic E-state index is 13.4. The number of hydrogen-bond acceptors (Lipinski definition) is 9. The number of rotatable bonds is 7. The lowest BCUT2D eigenvalue weighted by atomic mass is 10.1. The molecule has 0 saturated carbocycles. The molecular weight excluding hydrogens is 533 g/mol. The molecule has 3 aromatic carbocycles. The summed E-state index contributed by atoms with van der Waals surface area (Å²) in [5, 5.41) is 24.8. The SMILES string of the molecule is OC1CCN(/C=C2\CN(c3ccc4ncnc(Nc5ccc(OCc6cccc(F)c6)c(Cl)c5)c4c3)N=N2)CC1. The Morgan fingerprint density at radius 2 is 1.95 bits per heavy atom. The van der Waals surface area contributed by atoms with Crippen LogP contribution in [0.3, 0.4) is 0 Å². The van der Waals surface area contributed by atoms with Gasteiger partial charge < -0.3 is 20.1 Å². The molecule has 0 amide bonds. The highest BCUT2D eigenvalue weighted by Gasteiger charge is 2.20. The number of benzene rings is 3. The molecule has 0 bridgehead atoms. The minimum Gasteiger partial charge on any atom is -0.487 e. The zero-order chi connectivity index (χ0) is 27.5. The van der Waals surface area contributed by atoms with Crippen LogP contribution >= 0.6 is 11.6 Å². The zero-order valence-corrected chi connectivity index (χ0v) is 22.3. The van der Waals surface area contributed by atoms with E-state index in [1.807, 2.05) is 35.5 Å². The smallest absolute Gasteiger partial charge is 0.141 e. The molecule has 204 valence electrons. The second-order valence-corrected chi connectivity index (χ2v) is 10.2. The average molecular weight is 560 g/mol. The monoisotopic (exact) mass is 559 g/mol. The van der Waals surface area contributed by atoms with Crippen molar-refractivity contribution in [2.75, 3.05) is 30.0 Å². The lowest BCUT2D eigenvalue weighted by Crippen LogP contribution is -2.32. The number of aliphatic hydroxyl groups excluding tert-OH is 1. The van der Waals surface area contributed by atoms with Crippen LogP contribution < -0.4 is 15.1 Å². The predicted molar refractivity (Wildman–Crippen MR) is 152 cm³/mol. The molecule has 6 rings (SSSR count). The molecule has 0 spiro atoms. The van der Waals surface area contributed by atoms with E-state index in [-0.39, 0.29) is 18.5 Å². The summed E-state index contributed by atoms with van der Waals surface area (Å²) in [5.41, 5.74) is 3.96. The van der Waals surface area contributed by atoms with Crippen LogP contribution in [0.1, 0.15) is 18.4 Å². The van der Waals surface area contributed by atoms with E-state index >= 15 is 0 Å². The summed E-state index contributed by atoms with van der Waals surface area (Å²) in [5.74, 6) is 0.807. The third kappa shape index (κ3) is 5.98. The summed E-state index contributed by atoms with van der Waals surface area (Å²) in [4.78, 5) is 11.1. The number of halogens is 2. The first-order valence-electron chi connectivity index (χ1n) is 13.0. The summed E-state index contributed by atoms with van der Waals surface area (Å²) < 4.78 is 19.2. The van der Waals surface area contributed by atoms with Gasteiger partial charge in [-0.3, -0.25) is 0 Å². The van der Waals surface area contributed by atoms with E-state index in [1.54, 1.807) is 24.3 Å². The summed E-state index contributed by atoms with van der Waals surface area (Å²) >= 11 is 6.49. The standard InChI is InChI=1S/C29H27ClFN7O2/c30-26-13-21(4-7-28(26)40-17-19-2-1-3-20(31)12-19)34-29-25-14-23(5-6-27(25)32-18-33-29)38-16-22(35-36-38)15-37-10-8-24(39)9-11-37/h1-7,12-15,18,24,39H,8-11,16-17H2,(H,32,33,34)/b22-15+. The highest BCUT2D eigenvalue weighted by Crippen LogP contribution is 2.33. The van der Waals surface area contributed by atoms with Gasteiger partial charge in [0.05, 0.1) is 28.9 Å². The minimum atomic E-state index is -0.310. The third-order valence-corrected chi connectivity index (χ3v) is 7.11. The zero-order valence-electron chi connectivity index (χ0n) is 21.5. The van der Waals surface area contributed by atoms with E-state index in [1.165, 1.54) is 18.5 Å². The van der Waals surface area contributed by atoms with E-state index in [0.29, 0.717) is 28.7 Å². The Hall–Kier alpha value is -4.28. The number of piperidine rings is 1. The quantitative estimate of drug-likeness (QED) is 0.277. The molecular formula is C29H27ClFN7O2. The number of aromatic nitrogens is 2. The maximum atomic E-state index is 13.4. The molecule has 9 nitrogen and oxygen atoms in total. The Morgan fingerprint density at radius 3 is 2.77 bits per heavy atom. The van der Waals surface area contributed by atoms with Crippen LogP contribution in [-0.2, 0) is 6.61 Å². The average Bonchev–Trinajstić information content (AvgIpc) is 3.42. The van der Waals surface area contributed by atoms with Gasteiger partial charge in [0, 0.05) is 30.4 Å². The van der Waals surface area contributed by atoms with E-state index in [9.17, 15) is 9.50 Å². The second kappa shape index (κ2) is 11.4. The molecule has 0 atom stereocenters. The third-order valence-electron chi connectivity index (χ3n) is 6.82. The molecule has 0 aliphatic carbocycles. The number of anilines is 3. The van der Waals surface area contributed by atoms with Crippen molar-refractivity contribution in [3.63, 3.8) is 0 Å². The molecule has 3 heterocycles. The number of hydrogen-bond donors (Lipinski definition) is 2. The summed E-state index contributed by atoms with van der Waals surface area (Å²) in [7, 11) is 0. The topological polar surface area (TPSA) is 98.5 Å². The van der Waals surface area contributed by atoms with Crippen molar-refractivity contribution in [2.45, 2.75) is 25.6 Å². The normalized spacial score (nSPS) is 16.7. The van der Waals surface area contributed by atoms with Gasteiger partial charge in [0.1, 0.15) is 36.0 Å². The van der Waals surface area contributed by atoms with Gasteiger partial charge in [-0.05, 0) is 66.9 Å². The largest absolute Gasteiger partial charge is 0.487 e. The molecule has 1 saturated heterocycles. The number of nitrogens with zero attached hydrogens (tertiary/aromatic N) is 6. The lowest BCUT2D eigenvalue weighted by Gasteiger charge is -2.28. The van der Waals surface area contributed by atoms with Crippen LogP contribution in [0.5, 0.6) is 5.75 Å². The van der Waals surface area contributed by atoms with Crippen LogP contribution in [0.2, 0.25) is 5.02 Å². The lowest BCUT2D eigenvalue weighted by molar-refractivity contribution is 0.102. The first-order chi connectivity index (χ1) is 19.5. The number of nitrogens with one attached hydrogen (secondary N) is 1. The van der Waals surface area contributed by atoms with Gasteiger partial charge in [-0.1, -0.05) is 29.0 Å². The van der Waals surface area contributed by atoms with Crippen LogP contribution in [0.25, 0.3) is 10.9 Å². The first kappa shape index (κ1) is 26.0. The van der Waals surface area contributed by atoms with Crippen molar-refractivity contribution < 1.29 is 14.2 Å². The van der Waals surface area contributed by atoms with Crippen LogP contribution in [0.15, 0.2) is 89.2 Å². The van der Waals surface area contributed by atoms with Gasteiger partial charge >= 0.3 is 0 Å². The van der Waals surface area contributed by atoms with Crippen molar-refractivity contribution in [1.29, 1.82) is 0 Å². The van der Waals surface area contributed by atoms with Gasteiger partial charge in [-0.2, -0.15) is 0 Å². The maximum Gasteiger partial charge on any atom is 0.141 e. The summed E-state index contributed by atoms with van der Waals surface area (Å²) in [6.45, 7) is 2.38. The van der Waals surface area contributed by atoms with Gasteiger partial charge in [-0.25, -0.2) is 19.4 Å². The van der Waals surface area contributed by atoms with Crippen LogP contribution in [0.4, 0.5) is 21.6 Å². The van der Waals surface area contributed by atoms with E-state index in [0.717, 1.165) is 53.9 Å². The molecule has 1 fully saturated rings. The fraction of sp³-hybridized carbons (Fsp3) is 0.241. The second-order valence-electron chi connectivity index (χ2n) is 9.75. The van der Waals surface area contributed by atoms with Gasteiger partial charge in [0.2, 0.25) is 0 Å². The van der Waals surface area contributed by atoms with Crippen LogP contribution in [0, 0.1) is 5.82 Å². The Bertz CT molecular complexity index is 1590. The molecule has 0 unspecified atom stereocenters. The van der Waals surface area contributed by atoms with E-state index in [2.05, 4.69) is 30.5 Å². The fourth-order valence-corrected chi connectivity index (χ4v) is 4.92. The Balaban J connectivity index is 1.16. The molecule has 11 heteroatoms. The van der Waals surface area contributed by atoms with Crippen molar-refractivity contribution in [3.8, 4) is 5.75 Å². The predicted octanol–water partition coefficient (Wildman–Crippen LogP) is 6.23.